The van der Waals surface area contributed by atoms with E-state index >= 15 is 0 Å². The minimum absolute atomic E-state index is 0. The number of aromatic nitrogens is 5. The van der Waals surface area contributed by atoms with Crippen LogP contribution in [0, 0.1) is 5.82 Å². The van der Waals surface area contributed by atoms with Gasteiger partial charge in [-0.05, 0) is 25.1 Å². The number of carbonyl (C=O) groups excluding carboxylic acids is 1. The second-order valence-electron chi connectivity index (χ2n) is 5.87. The summed E-state index contributed by atoms with van der Waals surface area (Å²) in [6.07, 6.45) is 4.23. The van der Waals surface area contributed by atoms with Gasteiger partial charge in [0, 0.05) is 16.8 Å². The molecule has 29 heavy (non-hydrogen) atoms. The Hall–Kier alpha value is -2.57. The molecule has 1 atom stereocenters. The Morgan fingerprint density at radius 1 is 1.21 bits per heavy atom. The summed E-state index contributed by atoms with van der Waals surface area (Å²) in [6, 6.07) is 3.20. The van der Waals surface area contributed by atoms with Crippen LogP contribution < -0.4 is 5.32 Å². The third-order valence-corrected chi connectivity index (χ3v) is 4.98. The van der Waals surface area contributed by atoms with E-state index in [9.17, 15) is 17.6 Å². The van der Waals surface area contributed by atoms with E-state index in [1.54, 1.807) is 6.92 Å². The van der Waals surface area contributed by atoms with E-state index < -0.39 is 27.6 Å². The Labute approximate surface area is 177 Å². The molecule has 3 aromatic rings. The number of sulfone groups is 1. The minimum atomic E-state index is -3.54. The maximum atomic E-state index is 13.0. The predicted octanol–water partition coefficient (Wildman–Crippen LogP) is 1.86. The molecule has 13 heteroatoms. The molecule has 3 rings (SSSR count). The van der Waals surface area contributed by atoms with Gasteiger partial charge in [-0.25, -0.2) is 27.8 Å². The smallest absolute Gasteiger partial charge is 0.252 e. The lowest BCUT2D eigenvalue weighted by molar-refractivity contribution is 0.0937. The highest BCUT2D eigenvalue weighted by Crippen LogP contribution is 2.20. The topological polar surface area (TPSA) is 120 Å². The van der Waals surface area contributed by atoms with E-state index in [1.807, 2.05) is 0 Å². The molecule has 1 aromatic carbocycles. The van der Waals surface area contributed by atoms with Crippen LogP contribution in [0.2, 0.25) is 5.02 Å². The molecular formula is C16H16ClFN6O3S2. The quantitative estimate of drug-likeness (QED) is 0.619. The number of hydrogen-bond donors (Lipinski definition) is 1. The zero-order valence-electron chi connectivity index (χ0n) is 15.2. The van der Waals surface area contributed by atoms with Crippen molar-refractivity contribution in [2.24, 2.45) is 0 Å². The van der Waals surface area contributed by atoms with Crippen LogP contribution in [0.5, 0.6) is 0 Å². The van der Waals surface area contributed by atoms with Crippen molar-refractivity contribution in [2.75, 3.05) is 6.26 Å². The second kappa shape index (κ2) is 8.84. The third-order valence-electron chi connectivity index (χ3n) is 3.67. The fourth-order valence-electron chi connectivity index (χ4n) is 2.37. The Morgan fingerprint density at radius 3 is 2.48 bits per heavy atom. The number of amides is 1. The van der Waals surface area contributed by atoms with Gasteiger partial charge in [0.1, 0.15) is 6.33 Å². The van der Waals surface area contributed by atoms with Crippen LogP contribution in [-0.2, 0) is 9.84 Å². The van der Waals surface area contributed by atoms with Crippen LogP contribution in [0.25, 0.3) is 5.95 Å². The molecular weight excluding hydrogens is 443 g/mol. The Morgan fingerprint density at radius 2 is 1.86 bits per heavy atom. The highest BCUT2D eigenvalue weighted by atomic mass is 35.5. The largest absolute Gasteiger partial charge is 0.342 e. The van der Waals surface area contributed by atoms with Gasteiger partial charge in [-0.15, -0.1) is 0 Å². The summed E-state index contributed by atoms with van der Waals surface area (Å²) in [4.78, 5) is 24.2. The Balaban J connectivity index is 0.00000300. The molecule has 0 spiro atoms. The third kappa shape index (κ3) is 5.28. The van der Waals surface area contributed by atoms with E-state index in [-0.39, 0.29) is 34.9 Å². The first-order chi connectivity index (χ1) is 13.1. The van der Waals surface area contributed by atoms with Crippen molar-refractivity contribution in [3.8, 4) is 5.95 Å². The van der Waals surface area contributed by atoms with E-state index in [1.165, 1.54) is 29.2 Å². The number of halogens is 2. The summed E-state index contributed by atoms with van der Waals surface area (Å²) < 4.78 is 37.8. The molecule has 0 aliphatic carbocycles. The zero-order chi connectivity index (χ0) is 20.5. The van der Waals surface area contributed by atoms with Gasteiger partial charge < -0.3 is 5.32 Å². The van der Waals surface area contributed by atoms with Gasteiger partial charge in [-0.3, -0.25) is 4.79 Å². The van der Waals surface area contributed by atoms with Crippen molar-refractivity contribution in [2.45, 2.75) is 17.9 Å². The molecule has 2 heterocycles. The molecule has 1 amide bonds. The fourth-order valence-corrected chi connectivity index (χ4v) is 3.35. The molecule has 0 radical (unpaired) electrons. The molecule has 0 saturated carbocycles. The molecule has 0 aliphatic heterocycles. The van der Waals surface area contributed by atoms with Crippen molar-refractivity contribution in [1.82, 2.24) is 30.0 Å². The summed E-state index contributed by atoms with van der Waals surface area (Å²) in [7, 11) is -3.54. The van der Waals surface area contributed by atoms with Crippen molar-refractivity contribution in [3.05, 3.63) is 59.1 Å². The molecule has 0 saturated heterocycles. The Bertz CT molecular complexity index is 1140. The normalized spacial score (nSPS) is 12.1. The maximum absolute atomic E-state index is 13.0. The maximum Gasteiger partial charge on any atom is 0.252 e. The van der Waals surface area contributed by atoms with E-state index in [0.717, 1.165) is 18.6 Å². The molecule has 0 aliphatic rings. The van der Waals surface area contributed by atoms with Gasteiger partial charge >= 0.3 is 0 Å². The van der Waals surface area contributed by atoms with Gasteiger partial charge in [0.15, 0.2) is 21.5 Å². The van der Waals surface area contributed by atoms with Gasteiger partial charge in [-0.1, -0.05) is 11.6 Å². The zero-order valence-corrected chi connectivity index (χ0v) is 17.7. The summed E-state index contributed by atoms with van der Waals surface area (Å²) in [6.45, 7) is 1.64. The van der Waals surface area contributed by atoms with E-state index in [4.69, 9.17) is 11.6 Å². The first-order valence-electron chi connectivity index (χ1n) is 7.84. The average Bonchev–Trinajstić information content (AvgIpc) is 3.11. The number of nitrogens with one attached hydrogen (secondary N) is 1. The van der Waals surface area contributed by atoms with Gasteiger partial charge in [0.2, 0.25) is 0 Å². The Kier molecular flexibility index (Phi) is 6.93. The van der Waals surface area contributed by atoms with Crippen molar-refractivity contribution in [3.63, 3.8) is 0 Å². The number of rotatable bonds is 5. The van der Waals surface area contributed by atoms with Crippen LogP contribution >= 0.6 is 25.1 Å². The van der Waals surface area contributed by atoms with Crippen LogP contribution in [-0.4, -0.2) is 45.3 Å². The van der Waals surface area contributed by atoms with Crippen LogP contribution in [0.4, 0.5) is 4.39 Å². The monoisotopic (exact) mass is 458 g/mol. The highest BCUT2D eigenvalue weighted by molar-refractivity contribution is 7.90. The summed E-state index contributed by atoms with van der Waals surface area (Å²) in [5.41, 5.74) is 0.0730. The van der Waals surface area contributed by atoms with Crippen molar-refractivity contribution >= 4 is 40.8 Å². The summed E-state index contributed by atoms with van der Waals surface area (Å²) in [5.74, 6) is -0.786. The lowest BCUT2D eigenvalue weighted by Crippen LogP contribution is -2.29. The summed E-state index contributed by atoms with van der Waals surface area (Å²) in [5, 5.41) is 6.78. The first-order valence-corrected chi connectivity index (χ1v) is 10.1. The minimum Gasteiger partial charge on any atom is -0.342 e. The van der Waals surface area contributed by atoms with Crippen LogP contribution in [0.1, 0.15) is 29.1 Å². The average molecular weight is 459 g/mol. The van der Waals surface area contributed by atoms with E-state index in [2.05, 4.69) is 25.4 Å². The molecule has 9 nitrogen and oxygen atoms in total. The standard InChI is InChI=1S/C16H14ClFN6O3S.H2S/c1-9(14-21-8-22-24(14)16-19-6-12(18)7-20-16)23-15(25)10-3-11(17)5-13(4-10)28(2,26)27;/h3-9H,1-2H3,(H,23,25);1H2/t9-;/m1./s1. The molecule has 0 unspecified atom stereocenters. The SMILES string of the molecule is C[C@@H](NC(=O)c1cc(Cl)cc(S(C)(=O)=O)c1)c1ncnn1-c1ncc(F)cn1.S. The van der Waals surface area contributed by atoms with E-state index in [0.29, 0.717) is 5.82 Å². The lowest BCUT2D eigenvalue weighted by atomic mass is 10.2. The molecule has 0 fully saturated rings. The van der Waals surface area contributed by atoms with Crippen LogP contribution in [0.3, 0.4) is 0 Å². The van der Waals surface area contributed by atoms with Gasteiger partial charge in [0.25, 0.3) is 11.9 Å². The lowest BCUT2D eigenvalue weighted by Gasteiger charge is -2.14. The number of nitrogens with zero attached hydrogens (tertiary/aromatic N) is 5. The van der Waals surface area contributed by atoms with Gasteiger partial charge in [-0.2, -0.15) is 23.3 Å². The molecule has 1 N–H and O–H groups in total. The summed E-state index contributed by atoms with van der Waals surface area (Å²) >= 11 is 5.94. The second-order valence-corrected chi connectivity index (χ2v) is 8.33. The van der Waals surface area contributed by atoms with Crippen molar-refractivity contribution < 1.29 is 17.6 Å². The number of benzene rings is 1. The predicted molar refractivity (Wildman–Crippen MR) is 108 cm³/mol. The number of hydrogen-bond acceptors (Lipinski definition) is 7. The highest BCUT2D eigenvalue weighted by Gasteiger charge is 2.20. The fraction of sp³-hybridized carbons (Fsp3) is 0.188. The first kappa shape index (κ1) is 22.7. The number of carbonyl (C=O) groups is 1. The van der Waals surface area contributed by atoms with Crippen molar-refractivity contribution in [1.29, 1.82) is 0 Å². The van der Waals surface area contributed by atoms with Crippen LogP contribution in [0.15, 0.2) is 41.8 Å². The molecule has 2 aromatic heterocycles. The molecule has 0 bridgehead atoms. The van der Waals surface area contributed by atoms with Gasteiger partial charge in [0.05, 0.1) is 23.3 Å². The molecule has 154 valence electrons.